The molecule has 0 aliphatic carbocycles. The third-order valence-electron chi connectivity index (χ3n) is 3.19. The quantitative estimate of drug-likeness (QED) is 0.919. The zero-order valence-corrected chi connectivity index (χ0v) is 12.6. The number of nitrogens with two attached hydrogens (primary N) is 1. The molecule has 0 spiro atoms. The van der Waals surface area contributed by atoms with Crippen molar-refractivity contribution in [1.29, 1.82) is 0 Å². The van der Waals surface area contributed by atoms with Crippen LogP contribution in [0.3, 0.4) is 0 Å². The largest absolute Gasteiger partial charge is 0.383 e. The number of halogens is 1. The van der Waals surface area contributed by atoms with E-state index >= 15 is 0 Å². The van der Waals surface area contributed by atoms with Gasteiger partial charge in [0.15, 0.2) is 0 Å². The third-order valence-corrected chi connectivity index (χ3v) is 3.42. The van der Waals surface area contributed by atoms with Crippen molar-refractivity contribution in [2.24, 2.45) is 5.92 Å². The van der Waals surface area contributed by atoms with Gasteiger partial charge in [-0.1, -0.05) is 31.5 Å². The fourth-order valence-electron chi connectivity index (χ4n) is 2.27. The van der Waals surface area contributed by atoms with Crippen molar-refractivity contribution in [3.63, 3.8) is 0 Å². The molecule has 0 amide bonds. The molecule has 0 aliphatic rings. The summed E-state index contributed by atoms with van der Waals surface area (Å²) < 4.78 is 2.08. The summed E-state index contributed by atoms with van der Waals surface area (Å²) in [6, 6.07) is 5.79. The van der Waals surface area contributed by atoms with Gasteiger partial charge in [0.1, 0.15) is 17.3 Å². The lowest BCUT2D eigenvalue weighted by Gasteiger charge is -2.10. The van der Waals surface area contributed by atoms with E-state index in [2.05, 4.69) is 23.4 Å². The van der Waals surface area contributed by atoms with Gasteiger partial charge in [-0.2, -0.15) is 0 Å². The van der Waals surface area contributed by atoms with Crippen molar-refractivity contribution >= 4 is 17.4 Å². The molecule has 102 valence electrons. The molecular formula is C15H20ClN3. The van der Waals surface area contributed by atoms with E-state index in [-0.39, 0.29) is 0 Å². The second-order valence-electron chi connectivity index (χ2n) is 5.36. The molecule has 0 radical (unpaired) electrons. The van der Waals surface area contributed by atoms with Gasteiger partial charge < -0.3 is 10.3 Å². The summed E-state index contributed by atoms with van der Waals surface area (Å²) in [5.74, 6) is 2.22. The summed E-state index contributed by atoms with van der Waals surface area (Å²) in [5.41, 5.74) is 9.25. The fourth-order valence-corrected chi connectivity index (χ4v) is 2.49. The van der Waals surface area contributed by atoms with Gasteiger partial charge >= 0.3 is 0 Å². The van der Waals surface area contributed by atoms with Gasteiger partial charge in [0.2, 0.25) is 0 Å². The van der Waals surface area contributed by atoms with E-state index in [1.807, 2.05) is 32.0 Å². The number of nitrogen functional groups attached to an aromatic ring is 1. The van der Waals surface area contributed by atoms with Crippen LogP contribution in [0, 0.1) is 19.8 Å². The molecule has 2 N–H and O–H groups in total. The van der Waals surface area contributed by atoms with Crippen LogP contribution in [0.5, 0.6) is 0 Å². The second-order valence-corrected chi connectivity index (χ2v) is 5.79. The number of hydrogen-bond donors (Lipinski definition) is 1. The number of hydrogen-bond acceptors (Lipinski definition) is 2. The van der Waals surface area contributed by atoms with E-state index < -0.39 is 0 Å². The van der Waals surface area contributed by atoms with E-state index in [1.54, 1.807) is 0 Å². The molecule has 19 heavy (non-hydrogen) atoms. The number of anilines is 1. The molecule has 0 fully saturated rings. The van der Waals surface area contributed by atoms with E-state index in [0.717, 1.165) is 40.0 Å². The Labute approximate surface area is 119 Å². The van der Waals surface area contributed by atoms with Crippen molar-refractivity contribution in [3.8, 4) is 11.3 Å². The Balaban J connectivity index is 2.51. The predicted octanol–water partition coefficient (Wildman–Crippen LogP) is 4.06. The van der Waals surface area contributed by atoms with E-state index in [0.29, 0.717) is 5.92 Å². The van der Waals surface area contributed by atoms with Gasteiger partial charge in [-0.3, -0.25) is 0 Å². The zero-order valence-electron chi connectivity index (χ0n) is 11.9. The maximum Gasteiger partial charge on any atom is 0.131 e. The normalized spacial score (nSPS) is 11.3. The third kappa shape index (κ3) is 2.76. The molecule has 2 aromatic rings. The highest BCUT2D eigenvalue weighted by molar-refractivity contribution is 6.30. The summed E-state index contributed by atoms with van der Waals surface area (Å²) in [6.07, 6.45) is 0. The molecule has 0 saturated carbocycles. The van der Waals surface area contributed by atoms with Gasteiger partial charge in [0, 0.05) is 17.1 Å². The van der Waals surface area contributed by atoms with Crippen molar-refractivity contribution in [1.82, 2.24) is 9.55 Å². The number of aryl methyl sites for hydroxylation is 2. The van der Waals surface area contributed by atoms with E-state index in [9.17, 15) is 0 Å². The minimum Gasteiger partial charge on any atom is -0.383 e. The van der Waals surface area contributed by atoms with Crippen LogP contribution < -0.4 is 5.73 Å². The lowest BCUT2D eigenvalue weighted by molar-refractivity contribution is 0.518. The lowest BCUT2D eigenvalue weighted by Crippen LogP contribution is -2.09. The molecular weight excluding hydrogens is 258 g/mol. The molecule has 3 nitrogen and oxygen atoms in total. The summed E-state index contributed by atoms with van der Waals surface area (Å²) in [5, 5.41) is 0.734. The topological polar surface area (TPSA) is 43.8 Å². The predicted molar refractivity (Wildman–Crippen MR) is 81.4 cm³/mol. The Morgan fingerprint density at radius 1 is 1.32 bits per heavy atom. The summed E-state index contributed by atoms with van der Waals surface area (Å²) in [7, 11) is 0. The van der Waals surface area contributed by atoms with Crippen molar-refractivity contribution in [3.05, 3.63) is 34.6 Å². The zero-order chi connectivity index (χ0) is 14.2. The molecule has 0 bridgehead atoms. The van der Waals surface area contributed by atoms with Crippen LogP contribution in [0.2, 0.25) is 5.02 Å². The van der Waals surface area contributed by atoms with Crippen molar-refractivity contribution in [2.75, 3.05) is 5.73 Å². The first-order valence-electron chi connectivity index (χ1n) is 6.49. The molecule has 0 saturated heterocycles. The van der Waals surface area contributed by atoms with Crippen LogP contribution in [0.25, 0.3) is 11.3 Å². The lowest BCUT2D eigenvalue weighted by atomic mass is 10.1. The SMILES string of the molecule is Cc1cc(Cl)ccc1-c1nc(C)n(CC(C)C)c1N. The highest BCUT2D eigenvalue weighted by Crippen LogP contribution is 2.30. The first-order valence-corrected chi connectivity index (χ1v) is 6.87. The minimum atomic E-state index is 0.536. The molecule has 0 atom stereocenters. The molecule has 2 rings (SSSR count). The molecule has 0 aliphatic heterocycles. The number of imidazole rings is 1. The molecule has 1 aromatic carbocycles. The second kappa shape index (κ2) is 5.25. The van der Waals surface area contributed by atoms with Crippen molar-refractivity contribution < 1.29 is 0 Å². The van der Waals surface area contributed by atoms with Crippen LogP contribution in [-0.2, 0) is 6.54 Å². The number of aromatic nitrogens is 2. The molecule has 1 aromatic heterocycles. The Morgan fingerprint density at radius 2 is 2.00 bits per heavy atom. The number of benzene rings is 1. The molecule has 4 heteroatoms. The summed E-state index contributed by atoms with van der Waals surface area (Å²) in [6.45, 7) is 9.25. The fraction of sp³-hybridized carbons (Fsp3) is 0.400. The Hall–Kier alpha value is -1.48. The maximum absolute atomic E-state index is 6.26. The molecule has 1 heterocycles. The summed E-state index contributed by atoms with van der Waals surface area (Å²) in [4.78, 5) is 4.62. The standard InChI is InChI=1S/C15H20ClN3/c1-9(2)8-19-11(4)18-14(15(19)17)13-6-5-12(16)7-10(13)3/h5-7,9H,8,17H2,1-4H3. The maximum atomic E-state index is 6.26. The van der Waals surface area contributed by atoms with E-state index in [4.69, 9.17) is 17.3 Å². The Morgan fingerprint density at radius 3 is 2.58 bits per heavy atom. The number of rotatable bonds is 3. The number of nitrogens with zero attached hydrogens (tertiary/aromatic N) is 2. The van der Waals surface area contributed by atoms with Gasteiger partial charge in [-0.15, -0.1) is 0 Å². The average Bonchev–Trinajstić information content (AvgIpc) is 2.57. The molecule has 0 unspecified atom stereocenters. The summed E-state index contributed by atoms with van der Waals surface area (Å²) >= 11 is 5.99. The average molecular weight is 278 g/mol. The monoisotopic (exact) mass is 277 g/mol. The Kier molecular flexibility index (Phi) is 3.85. The first kappa shape index (κ1) is 13.9. The van der Waals surface area contributed by atoms with Crippen LogP contribution in [0.1, 0.15) is 25.2 Å². The Bertz CT molecular complexity index is 600. The van der Waals surface area contributed by atoms with Gasteiger partial charge in [-0.25, -0.2) is 4.98 Å². The van der Waals surface area contributed by atoms with Gasteiger partial charge in [0.25, 0.3) is 0 Å². The smallest absolute Gasteiger partial charge is 0.131 e. The van der Waals surface area contributed by atoms with Gasteiger partial charge in [0.05, 0.1) is 0 Å². The van der Waals surface area contributed by atoms with Crippen LogP contribution in [0.4, 0.5) is 5.82 Å². The van der Waals surface area contributed by atoms with E-state index in [1.165, 1.54) is 0 Å². The van der Waals surface area contributed by atoms with Gasteiger partial charge in [-0.05, 0) is 37.5 Å². The van der Waals surface area contributed by atoms with Crippen LogP contribution in [0.15, 0.2) is 18.2 Å². The highest BCUT2D eigenvalue weighted by atomic mass is 35.5. The van der Waals surface area contributed by atoms with Crippen LogP contribution in [-0.4, -0.2) is 9.55 Å². The highest BCUT2D eigenvalue weighted by Gasteiger charge is 2.15. The first-order chi connectivity index (χ1) is 8.90. The van der Waals surface area contributed by atoms with Crippen LogP contribution >= 0.6 is 11.6 Å². The minimum absolute atomic E-state index is 0.536. The van der Waals surface area contributed by atoms with Crippen molar-refractivity contribution in [2.45, 2.75) is 34.2 Å².